The number of benzene rings is 2. The molecule has 0 aromatic heterocycles. The second-order valence-electron chi connectivity index (χ2n) is 4.71. The number of carbonyl (C=O) groups excluding carboxylic acids is 2. The van der Waals surface area contributed by atoms with Gasteiger partial charge in [0.05, 0.1) is 0 Å². The lowest BCUT2D eigenvalue weighted by Gasteiger charge is -2.16. The number of nitrogens with one attached hydrogen (secondary N) is 1. The number of amides is 1. The van der Waals surface area contributed by atoms with Crippen LogP contribution in [-0.4, -0.2) is 18.2 Å². The molecule has 0 unspecified atom stereocenters. The van der Waals surface area contributed by atoms with E-state index in [1.165, 1.54) is 0 Å². The summed E-state index contributed by atoms with van der Waals surface area (Å²) in [6.45, 7) is 0.649. The monoisotopic (exact) mass is 285 g/mol. The molecule has 2 aromatic rings. The summed E-state index contributed by atoms with van der Waals surface area (Å²) < 4.78 is 0. The topological polar surface area (TPSA) is 46.2 Å². The lowest BCUT2D eigenvalue weighted by molar-refractivity contribution is 0.0946. The van der Waals surface area contributed by atoms with E-state index in [9.17, 15) is 9.59 Å². The Balaban J connectivity index is 1.98. The fourth-order valence-corrected chi connectivity index (χ4v) is 2.45. The van der Waals surface area contributed by atoms with Gasteiger partial charge < -0.3 is 5.32 Å². The summed E-state index contributed by atoms with van der Waals surface area (Å²) in [5.74, 6) is -0.222. The molecule has 0 radical (unpaired) electrons. The Morgan fingerprint density at radius 2 is 1.75 bits per heavy atom. The molecule has 1 amide bonds. The van der Waals surface area contributed by atoms with E-state index in [0.717, 1.165) is 12.0 Å². The SMILES string of the molecule is O=C(c1ccc(Cl)cc1)c1ccc2c(c1)C(=O)NCC2. The Kier molecular flexibility index (Phi) is 3.28. The summed E-state index contributed by atoms with van der Waals surface area (Å²) in [5.41, 5.74) is 2.66. The van der Waals surface area contributed by atoms with Crippen molar-refractivity contribution in [3.8, 4) is 0 Å². The van der Waals surface area contributed by atoms with Crippen molar-refractivity contribution in [1.29, 1.82) is 0 Å². The molecule has 0 saturated heterocycles. The third-order valence-corrected chi connectivity index (χ3v) is 3.65. The van der Waals surface area contributed by atoms with Crippen molar-refractivity contribution in [2.45, 2.75) is 6.42 Å². The van der Waals surface area contributed by atoms with Gasteiger partial charge >= 0.3 is 0 Å². The van der Waals surface area contributed by atoms with Crippen LogP contribution in [0.15, 0.2) is 42.5 Å². The zero-order valence-electron chi connectivity index (χ0n) is 10.7. The number of ketones is 1. The maximum atomic E-state index is 12.4. The van der Waals surface area contributed by atoms with E-state index in [1.807, 2.05) is 6.07 Å². The summed E-state index contributed by atoms with van der Waals surface area (Å²) in [7, 11) is 0. The Hall–Kier alpha value is -2.13. The van der Waals surface area contributed by atoms with E-state index >= 15 is 0 Å². The van der Waals surface area contributed by atoms with Crippen LogP contribution in [0.2, 0.25) is 5.02 Å². The smallest absolute Gasteiger partial charge is 0.251 e. The first-order valence-electron chi connectivity index (χ1n) is 6.36. The molecular formula is C16H12ClNO2. The highest BCUT2D eigenvalue weighted by Gasteiger charge is 2.19. The van der Waals surface area contributed by atoms with Crippen molar-refractivity contribution in [1.82, 2.24) is 5.32 Å². The van der Waals surface area contributed by atoms with Gasteiger partial charge in [-0.25, -0.2) is 0 Å². The highest BCUT2D eigenvalue weighted by Crippen LogP contribution is 2.19. The minimum atomic E-state index is -0.114. The van der Waals surface area contributed by atoms with Gasteiger partial charge in [0, 0.05) is 28.3 Å². The molecular weight excluding hydrogens is 274 g/mol. The van der Waals surface area contributed by atoms with E-state index in [-0.39, 0.29) is 11.7 Å². The van der Waals surface area contributed by atoms with Crippen LogP contribution < -0.4 is 5.32 Å². The molecule has 0 saturated carbocycles. The fraction of sp³-hybridized carbons (Fsp3) is 0.125. The molecule has 2 aromatic carbocycles. The van der Waals surface area contributed by atoms with E-state index < -0.39 is 0 Å². The molecule has 1 N–H and O–H groups in total. The van der Waals surface area contributed by atoms with Crippen molar-refractivity contribution < 1.29 is 9.59 Å². The van der Waals surface area contributed by atoms with Crippen molar-refractivity contribution in [2.24, 2.45) is 0 Å². The molecule has 0 fully saturated rings. The third kappa shape index (κ3) is 2.32. The van der Waals surface area contributed by atoms with Gasteiger partial charge in [-0.3, -0.25) is 9.59 Å². The highest BCUT2D eigenvalue weighted by atomic mass is 35.5. The van der Waals surface area contributed by atoms with Gasteiger partial charge in [-0.15, -0.1) is 0 Å². The molecule has 3 nitrogen and oxygen atoms in total. The van der Waals surface area contributed by atoms with Gasteiger partial charge in [-0.1, -0.05) is 23.7 Å². The summed E-state index contributed by atoms with van der Waals surface area (Å²) in [6.07, 6.45) is 0.802. The molecule has 0 aliphatic carbocycles. The van der Waals surface area contributed by atoms with Crippen molar-refractivity contribution >= 4 is 23.3 Å². The third-order valence-electron chi connectivity index (χ3n) is 3.40. The van der Waals surface area contributed by atoms with Crippen molar-refractivity contribution in [3.05, 3.63) is 69.7 Å². The van der Waals surface area contributed by atoms with Gasteiger partial charge in [0.2, 0.25) is 0 Å². The van der Waals surface area contributed by atoms with Crippen molar-refractivity contribution in [3.63, 3.8) is 0 Å². The normalized spacial score (nSPS) is 13.6. The van der Waals surface area contributed by atoms with Crippen molar-refractivity contribution in [2.75, 3.05) is 6.54 Å². The van der Waals surface area contributed by atoms with Gasteiger partial charge in [-0.2, -0.15) is 0 Å². The number of rotatable bonds is 2. The van der Waals surface area contributed by atoms with Crippen LogP contribution in [0.4, 0.5) is 0 Å². The molecule has 3 rings (SSSR count). The quantitative estimate of drug-likeness (QED) is 0.863. The van der Waals surface area contributed by atoms with E-state index in [2.05, 4.69) is 5.32 Å². The number of halogens is 1. The Morgan fingerprint density at radius 3 is 2.50 bits per heavy atom. The molecule has 100 valence electrons. The van der Waals surface area contributed by atoms with E-state index in [1.54, 1.807) is 36.4 Å². The molecule has 1 heterocycles. The van der Waals surface area contributed by atoms with Crippen LogP contribution in [0.5, 0.6) is 0 Å². The van der Waals surface area contributed by atoms with Crippen LogP contribution in [0.3, 0.4) is 0 Å². The summed E-state index contributed by atoms with van der Waals surface area (Å²) >= 11 is 5.81. The summed E-state index contributed by atoms with van der Waals surface area (Å²) in [4.78, 5) is 24.2. The molecule has 0 spiro atoms. The molecule has 0 atom stereocenters. The maximum absolute atomic E-state index is 12.4. The maximum Gasteiger partial charge on any atom is 0.251 e. The lowest BCUT2D eigenvalue weighted by atomic mass is 9.94. The second kappa shape index (κ2) is 5.10. The van der Waals surface area contributed by atoms with E-state index in [0.29, 0.717) is 28.3 Å². The molecule has 1 aliphatic rings. The molecule has 0 bridgehead atoms. The van der Waals surface area contributed by atoms with Crippen LogP contribution >= 0.6 is 11.6 Å². The standard InChI is InChI=1S/C16H12ClNO2/c17-13-5-3-11(4-6-13)15(19)12-2-1-10-7-8-18-16(20)14(10)9-12/h1-6,9H,7-8H2,(H,18,20). The Bertz CT molecular complexity index is 692. The number of hydrogen-bond acceptors (Lipinski definition) is 2. The van der Waals surface area contributed by atoms with Gasteiger partial charge in [-0.05, 0) is 42.3 Å². The Morgan fingerprint density at radius 1 is 1.05 bits per heavy atom. The van der Waals surface area contributed by atoms with Crippen LogP contribution in [0, 0.1) is 0 Å². The van der Waals surface area contributed by atoms with Crippen LogP contribution in [0.1, 0.15) is 31.8 Å². The van der Waals surface area contributed by atoms with E-state index in [4.69, 9.17) is 11.6 Å². The minimum absolute atomic E-state index is 0.108. The predicted octanol–water partition coefficient (Wildman–Crippen LogP) is 2.86. The predicted molar refractivity (Wildman–Crippen MR) is 77.4 cm³/mol. The highest BCUT2D eigenvalue weighted by molar-refractivity contribution is 6.30. The van der Waals surface area contributed by atoms with Crippen LogP contribution in [0.25, 0.3) is 0 Å². The average Bonchev–Trinajstić information content (AvgIpc) is 2.47. The average molecular weight is 286 g/mol. The van der Waals surface area contributed by atoms with Gasteiger partial charge in [0.15, 0.2) is 5.78 Å². The molecule has 4 heteroatoms. The zero-order chi connectivity index (χ0) is 14.1. The number of hydrogen-bond donors (Lipinski definition) is 1. The first-order chi connectivity index (χ1) is 9.65. The number of fused-ring (bicyclic) bond motifs is 1. The zero-order valence-corrected chi connectivity index (χ0v) is 11.4. The lowest BCUT2D eigenvalue weighted by Crippen LogP contribution is -2.32. The summed E-state index contributed by atoms with van der Waals surface area (Å²) in [6, 6.07) is 12.0. The molecule has 20 heavy (non-hydrogen) atoms. The largest absolute Gasteiger partial charge is 0.352 e. The molecule has 1 aliphatic heterocycles. The summed E-state index contributed by atoms with van der Waals surface area (Å²) in [5, 5.41) is 3.37. The first kappa shape index (κ1) is 12.9. The number of carbonyl (C=O) groups is 2. The van der Waals surface area contributed by atoms with Gasteiger partial charge in [0.25, 0.3) is 5.91 Å². The minimum Gasteiger partial charge on any atom is -0.352 e. The fourth-order valence-electron chi connectivity index (χ4n) is 2.32. The Labute approximate surface area is 121 Å². The van der Waals surface area contributed by atoms with Crippen LogP contribution in [-0.2, 0) is 6.42 Å². The van der Waals surface area contributed by atoms with Gasteiger partial charge in [0.1, 0.15) is 0 Å². The first-order valence-corrected chi connectivity index (χ1v) is 6.74. The second-order valence-corrected chi connectivity index (χ2v) is 5.15.